The van der Waals surface area contributed by atoms with Crippen molar-refractivity contribution >= 4 is 43.5 Å². The molecule has 0 saturated heterocycles. The fourth-order valence-electron chi connectivity index (χ4n) is 3.55. The Kier molecular flexibility index (Phi) is 9.08. The zero-order valence-corrected chi connectivity index (χ0v) is 22.3. The first-order chi connectivity index (χ1) is 15.3. The summed E-state index contributed by atoms with van der Waals surface area (Å²) in [7, 11) is -3.76. The molecule has 33 heavy (non-hydrogen) atoms. The predicted molar refractivity (Wildman–Crippen MR) is 136 cm³/mol. The number of anilines is 1. The molecule has 1 unspecified atom stereocenters. The van der Waals surface area contributed by atoms with Gasteiger partial charge in [0.1, 0.15) is 12.6 Å². The van der Waals surface area contributed by atoms with Crippen LogP contribution in [-0.4, -0.2) is 50.0 Å². The van der Waals surface area contributed by atoms with Gasteiger partial charge in [0.05, 0.1) is 11.9 Å². The monoisotopic (exact) mass is 537 g/mol. The number of nitrogens with one attached hydrogen (secondary N) is 1. The second kappa shape index (κ2) is 11.2. The van der Waals surface area contributed by atoms with E-state index in [1.807, 2.05) is 70.2 Å². The standard InChI is InChI=1S/C24H32BrN3O4S/c1-16(2)26-24(30)19(5)27(14-20-10-12-21(25)13-11-20)22(29)15-28(33(6,31)32)23-17(3)8-7-9-18(23)4/h7-13,16,19H,14-15H2,1-6H3,(H,26,30). The number of halogens is 1. The Bertz CT molecular complexity index is 1080. The first-order valence-corrected chi connectivity index (χ1v) is 13.3. The lowest BCUT2D eigenvalue weighted by Gasteiger charge is -2.32. The Morgan fingerprint density at radius 3 is 2.03 bits per heavy atom. The smallest absolute Gasteiger partial charge is 0.244 e. The zero-order chi connectivity index (χ0) is 24.9. The van der Waals surface area contributed by atoms with Crippen LogP contribution in [0.2, 0.25) is 0 Å². The summed E-state index contributed by atoms with van der Waals surface area (Å²) in [6.07, 6.45) is 1.08. The molecule has 0 heterocycles. The highest BCUT2D eigenvalue weighted by atomic mass is 79.9. The van der Waals surface area contributed by atoms with Crippen molar-refractivity contribution in [3.63, 3.8) is 0 Å². The van der Waals surface area contributed by atoms with Crippen LogP contribution in [0, 0.1) is 13.8 Å². The van der Waals surface area contributed by atoms with Gasteiger partial charge >= 0.3 is 0 Å². The van der Waals surface area contributed by atoms with Gasteiger partial charge in [-0.25, -0.2) is 8.42 Å². The number of hydrogen-bond donors (Lipinski definition) is 1. The molecule has 1 atom stereocenters. The van der Waals surface area contributed by atoms with Crippen molar-refractivity contribution in [1.82, 2.24) is 10.2 Å². The molecule has 0 spiro atoms. The zero-order valence-electron chi connectivity index (χ0n) is 19.9. The number of sulfonamides is 1. The number of amides is 2. The van der Waals surface area contributed by atoms with E-state index in [2.05, 4.69) is 21.2 Å². The Hall–Kier alpha value is -2.39. The van der Waals surface area contributed by atoms with E-state index in [9.17, 15) is 18.0 Å². The third kappa shape index (κ3) is 7.30. The topological polar surface area (TPSA) is 86.8 Å². The number of benzene rings is 2. The van der Waals surface area contributed by atoms with E-state index in [4.69, 9.17) is 0 Å². The Balaban J connectivity index is 2.44. The van der Waals surface area contributed by atoms with Crippen molar-refractivity contribution < 1.29 is 18.0 Å². The molecular formula is C24H32BrN3O4S. The lowest BCUT2D eigenvalue weighted by atomic mass is 10.1. The molecule has 9 heteroatoms. The number of carbonyl (C=O) groups is 2. The summed E-state index contributed by atoms with van der Waals surface area (Å²) in [5, 5.41) is 2.83. The lowest BCUT2D eigenvalue weighted by Crippen LogP contribution is -2.52. The number of hydrogen-bond acceptors (Lipinski definition) is 4. The van der Waals surface area contributed by atoms with Gasteiger partial charge in [-0.3, -0.25) is 13.9 Å². The van der Waals surface area contributed by atoms with Gasteiger partial charge < -0.3 is 10.2 Å². The highest BCUT2D eigenvalue weighted by Gasteiger charge is 2.31. The molecular weight excluding hydrogens is 506 g/mol. The molecule has 2 aromatic carbocycles. The summed E-state index contributed by atoms with van der Waals surface area (Å²) < 4.78 is 27.4. The molecule has 1 N–H and O–H groups in total. The third-order valence-electron chi connectivity index (χ3n) is 5.23. The van der Waals surface area contributed by atoms with Crippen molar-refractivity contribution in [3.05, 3.63) is 63.6 Å². The molecule has 0 aliphatic carbocycles. The van der Waals surface area contributed by atoms with E-state index < -0.39 is 28.5 Å². The molecule has 0 aliphatic heterocycles. The van der Waals surface area contributed by atoms with Crippen molar-refractivity contribution in [1.29, 1.82) is 0 Å². The molecule has 0 saturated carbocycles. The summed E-state index contributed by atoms with van der Waals surface area (Å²) in [6, 6.07) is 12.0. The van der Waals surface area contributed by atoms with Crippen LogP contribution < -0.4 is 9.62 Å². The van der Waals surface area contributed by atoms with E-state index in [1.165, 1.54) is 4.90 Å². The third-order valence-corrected chi connectivity index (χ3v) is 6.87. The van der Waals surface area contributed by atoms with Gasteiger partial charge in [0.2, 0.25) is 21.8 Å². The van der Waals surface area contributed by atoms with Gasteiger partial charge in [0.25, 0.3) is 0 Å². The number of para-hydroxylation sites is 1. The molecule has 0 bridgehead atoms. The van der Waals surface area contributed by atoms with Crippen LogP contribution in [0.25, 0.3) is 0 Å². The Morgan fingerprint density at radius 2 is 1.55 bits per heavy atom. The summed E-state index contributed by atoms with van der Waals surface area (Å²) in [5.41, 5.74) is 2.81. The van der Waals surface area contributed by atoms with Crippen LogP contribution in [0.3, 0.4) is 0 Å². The largest absolute Gasteiger partial charge is 0.352 e. The second-order valence-electron chi connectivity index (χ2n) is 8.50. The first kappa shape index (κ1) is 26.9. The van der Waals surface area contributed by atoms with Crippen molar-refractivity contribution in [2.24, 2.45) is 0 Å². The van der Waals surface area contributed by atoms with Crippen LogP contribution >= 0.6 is 15.9 Å². The van der Waals surface area contributed by atoms with E-state index in [-0.39, 0.29) is 18.5 Å². The highest BCUT2D eigenvalue weighted by Crippen LogP contribution is 2.27. The van der Waals surface area contributed by atoms with Crippen LogP contribution in [0.5, 0.6) is 0 Å². The number of nitrogens with zero attached hydrogens (tertiary/aromatic N) is 2. The Morgan fingerprint density at radius 1 is 1.00 bits per heavy atom. The van der Waals surface area contributed by atoms with Gasteiger partial charge in [-0.1, -0.05) is 46.3 Å². The van der Waals surface area contributed by atoms with Gasteiger partial charge in [-0.05, 0) is 63.4 Å². The van der Waals surface area contributed by atoms with Crippen LogP contribution in [0.15, 0.2) is 46.9 Å². The minimum atomic E-state index is -3.76. The maximum Gasteiger partial charge on any atom is 0.244 e. The van der Waals surface area contributed by atoms with Crippen molar-refractivity contribution in [2.75, 3.05) is 17.1 Å². The van der Waals surface area contributed by atoms with Crippen molar-refractivity contribution in [2.45, 2.75) is 53.2 Å². The number of carbonyl (C=O) groups excluding carboxylic acids is 2. The lowest BCUT2D eigenvalue weighted by molar-refractivity contribution is -0.139. The molecule has 0 aliphatic rings. The summed E-state index contributed by atoms with van der Waals surface area (Å²) in [5.74, 6) is -0.758. The van der Waals surface area contributed by atoms with Gasteiger partial charge in [-0.15, -0.1) is 0 Å². The average Bonchev–Trinajstić information content (AvgIpc) is 2.70. The fraction of sp³-hybridized carbons (Fsp3) is 0.417. The van der Waals surface area contributed by atoms with Crippen LogP contribution in [0.1, 0.15) is 37.5 Å². The van der Waals surface area contributed by atoms with Gasteiger partial charge in [0, 0.05) is 17.1 Å². The predicted octanol–water partition coefficient (Wildman–Crippen LogP) is 3.77. The number of aryl methyl sites for hydroxylation is 2. The SMILES string of the molecule is Cc1cccc(C)c1N(CC(=O)N(Cc1ccc(Br)cc1)C(C)C(=O)NC(C)C)S(C)(=O)=O. The first-order valence-electron chi connectivity index (χ1n) is 10.7. The maximum atomic E-state index is 13.5. The molecule has 2 aromatic rings. The Labute approximate surface area is 205 Å². The van der Waals surface area contributed by atoms with E-state index in [0.29, 0.717) is 5.69 Å². The minimum Gasteiger partial charge on any atom is -0.352 e. The van der Waals surface area contributed by atoms with Crippen LogP contribution in [-0.2, 0) is 26.2 Å². The molecule has 2 rings (SSSR count). The molecule has 0 radical (unpaired) electrons. The van der Waals surface area contributed by atoms with E-state index in [0.717, 1.165) is 31.7 Å². The van der Waals surface area contributed by atoms with Crippen molar-refractivity contribution in [3.8, 4) is 0 Å². The normalized spacial score (nSPS) is 12.4. The van der Waals surface area contributed by atoms with E-state index in [1.54, 1.807) is 6.92 Å². The minimum absolute atomic E-state index is 0.0910. The van der Waals surface area contributed by atoms with E-state index >= 15 is 0 Å². The molecule has 2 amide bonds. The maximum absolute atomic E-state index is 13.5. The molecule has 0 aromatic heterocycles. The van der Waals surface area contributed by atoms with Crippen LogP contribution in [0.4, 0.5) is 5.69 Å². The molecule has 0 fully saturated rings. The molecule has 180 valence electrons. The summed E-state index contributed by atoms with van der Waals surface area (Å²) in [6.45, 7) is 8.73. The van der Waals surface area contributed by atoms with Gasteiger partial charge in [0.15, 0.2) is 0 Å². The number of rotatable bonds is 9. The highest BCUT2D eigenvalue weighted by molar-refractivity contribution is 9.10. The average molecular weight is 539 g/mol. The van der Waals surface area contributed by atoms with Gasteiger partial charge in [-0.2, -0.15) is 0 Å². The fourth-order valence-corrected chi connectivity index (χ4v) is 4.78. The summed E-state index contributed by atoms with van der Waals surface area (Å²) in [4.78, 5) is 27.7. The quantitative estimate of drug-likeness (QED) is 0.527. The molecule has 7 nitrogen and oxygen atoms in total. The second-order valence-corrected chi connectivity index (χ2v) is 11.3. The summed E-state index contributed by atoms with van der Waals surface area (Å²) >= 11 is 3.40.